The van der Waals surface area contributed by atoms with E-state index in [1.54, 1.807) is 42.5 Å². The normalized spacial score (nSPS) is 13.0. The molecule has 1 atom stereocenters. The van der Waals surface area contributed by atoms with E-state index in [2.05, 4.69) is 4.74 Å². The number of phenolic OH excluding ortho intramolecular Hbond substituents is 1. The van der Waals surface area contributed by atoms with Crippen LogP contribution < -0.4 is 5.11 Å². The minimum atomic E-state index is -4.33. The number of esters is 1. The molecular formula is C14H13F2I2O5-. The maximum absolute atomic E-state index is 13.7. The van der Waals surface area contributed by atoms with Crippen molar-refractivity contribution in [3.63, 3.8) is 0 Å². The Morgan fingerprint density at radius 2 is 1.91 bits per heavy atom. The van der Waals surface area contributed by atoms with Crippen molar-refractivity contribution < 1.29 is 33.3 Å². The zero-order chi connectivity index (χ0) is 17.9. The van der Waals surface area contributed by atoms with Gasteiger partial charge in [0.1, 0.15) is 17.3 Å². The highest BCUT2D eigenvalue weighted by Gasteiger charge is 2.44. The molecule has 23 heavy (non-hydrogen) atoms. The number of ether oxygens (including phenoxy) is 1. The van der Waals surface area contributed by atoms with Crippen molar-refractivity contribution >= 4 is 57.1 Å². The van der Waals surface area contributed by atoms with E-state index in [1.165, 1.54) is 6.07 Å². The molecule has 0 bridgehead atoms. The van der Waals surface area contributed by atoms with E-state index in [9.17, 15) is 28.6 Å². The van der Waals surface area contributed by atoms with E-state index in [0.717, 1.165) is 0 Å². The smallest absolute Gasteiger partial charge is 0.342 e. The second-order valence-electron chi connectivity index (χ2n) is 5.22. The minimum Gasteiger partial charge on any atom is -0.544 e. The third kappa shape index (κ3) is 5.13. The van der Waals surface area contributed by atoms with Gasteiger partial charge in [0, 0.05) is 3.57 Å². The summed E-state index contributed by atoms with van der Waals surface area (Å²) < 4.78 is 33.0. The van der Waals surface area contributed by atoms with Gasteiger partial charge in [0.05, 0.1) is 3.57 Å². The quantitative estimate of drug-likeness (QED) is 0.433. The molecule has 0 spiro atoms. The number of carboxylic acids is 1. The maximum atomic E-state index is 13.7. The van der Waals surface area contributed by atoms with Gasteiger partial charge in [-0.15, -0.1) is 0 Å². The Hall–Kier alpha value is -0.720. The van der Waals surface area contributed by atoms with Gasteiger partial charge in [-0.05, 0) is 69.7 Å². The summed E-state index contributed by atoms with van der Waals surface area (Å²) in [7, 11) is 0. The van der Waals surface area contributed by atoms with Crippen molar-refractivity contribution in [2.45, 2.75) is 32.3 Å². The average Bonchev–Trinajstić information content (AvgIpc) is 2.41. The molecule has 1 unspecified atom stereocenters. The molecule has 128 valence electrons. The van der Waals surface area contributed by atoms with Gasteiger partial charge in [0.25, 0.3) is 0 Å². The number of hydrogen-bond acceptors (Lipinski definition) is 5. The number of aliphatic carboxylic acids is 1. The molecule has 0 amide bonds. The number of aromatic hydroxyl groups is 1. The van der Waals surface area contributed by atoms with Gasteiger partial charge in [-0.1, -0.05) is 13.8 Å². The van der Waals surface area contributed by atoms with Crippen LogP contribution in [0, 0.1) is 13.1 Å². The third-order valence-electron chi connectivity index (χ3n) is 2.86. The van der Waals surface area contributed by atoms with Crippen LogP contribution in [0.3, 0.4) is 0 Å². The van der Waals surface area contributed by atoms with Crippen LogP contribution in [0.1, 0.15) is 30.6 Å². The van der Waals surface area contributed by atoms with Crippen molar-refractivity contribution in [1.29, 1.82) is 0 Å². The van der Waals surface area contributed by atoms with E-state index in [0.29, 0.717) is 7.14 Å². The van der Waals surface area contributed by atoms with Crippen LogP contribution in [-0.2, 0) is 9.53 Å². The highest BCUT2D eigenvalue weighted by atomic mass is 127. The maximum Gasteiger partial charge on any atom is 0.342 e. The van der Waals surface area contributed by atoms with Gasteiger partial charge in [0.15, 0.2) is 6.10 Å². The lowest BCUT2D eigenvalue weighted by atomic mass is 10.0. The number of halogens is 4. The largest absolute Gasteiger partial charge is 0.544 e. The van der Waals surface area contributed by atoms with Crippen molar-refractivity contribution in [1.82, 2.24) is 0 Å². The van der Waals surface area contributed by atoms with E-state index in [-0.39, 0.29) is 17.9 Å². The summed E-state index contributed by atoms with van der Waals surface area (Å²) in [5.41, 5.74) is -0.302. The lowest BCUT2D eigenvalue weighted by Gasteiger charge is -2.28. The van der Waals surface area contributed by atoms with Crippen LogP contribution in [0.5, 0.6) is 5.75 Å². The molecule has 1 N–H and O–H groups in total. The Bertz CT molecular complexity index is 619. The second kappa shape index (κ2) is 7.90. The van der Waals surface area contributed by atoms with Gasteiger partial charge in [-0.3, -0.25) is 0 Å². The number of carbonyl (C=O) groups excluding carboxylic acids is 2. The molecule has 0 saturated carbocycles. The molecule has 0 radical (unpaired) electrons. The van der Waals surface area contributed by atoms with Crippen molar-refractivity contribution in [3.05, 3.63) is 24.8 Å². The molecular weight excluding hydrogens is 540 g/mol. The third-order valence-corrected chi connectivity index (χ3v) is 4.30. The summed E-state index contributed by atoms with van der Waals surface area (Å²) in [5, 5.41) is 20.5. The van der Waals surface area contributed by atoms with Crippen molar-refractivity contribution in [2.75, 3.05) is 0 Å². The predicted octanol–water partition coefficient (Wildman–Crippen LogP) is 2.56. The molecule has 1 aromatic carbocycles. The monoisotopic (exact) mass is 553 g/mol. The zero-order valence-electron chi connectivity index (χ0n) is 12.1. The lowest BCUT2D eigenvalue weighted by molar-refractivity contribution is -0.336. The topological polar surface area (TPSA) is 86.7 Å². The molecule has 5 nitrogen and oxygen atoms in total. The van der Waals surface area contributed by atoms with Crippen LogP contribution in [0.4, 0.5) is 8.78 Å². The fraction of sp³-hybridized carbons (Fsp3) is 0.429. The number of benzene rings is 1. The summed E-state index contributed by atoms with van der Waals surface area (Å²) >= 11 is 3.66. The SMILES string of the molecule is CC(C)CC(OC(=O)c1cc(I)cc(I)c1O)C(F)(F)C(=O)[O-]. The molecule has 0 aliphatic carbocycles. The first-order valence-electron chi connectivity index (χ1n) is 6.45. The van der Waals surface area contributed by atoms with Crippen LogP contribution in [0.2, 0.25) is 0 Å². The van der Waals surface area contributed by atoms with E-state index in [4.69, 9.17) is 0 Å². The summed E-state index contributed by atoms with van der Waals surface area (Å²) in [6.45, 7) is 3.16. The zero-order valence-corrected chi connectivity index (χ0v) is 16.4. The summed E-state index contributed by atoms with van der Waals surface area (Å²) in [6.07, 6.45) is -2.55. The summed E-state index contributed by atoms with van der Waals surface area (Å²) in [6, 6.07) is 2.85. The first kappa shape index (κ1) is 20.3. The molecule has 9 heteroatoms. The van der Waals surface area contributed by atoms with E-state index < -0.39 is 29.7 Å². The number of carboxylic acid groups (broad SMARTS) is 1. The number of carbonyl (C=O) groups is 2. The molecule has 1 aromatic rings. The van der Waals surface area contributed by atoms with Gasteiger partial charge < -0.3 is 19.7 Å². The summed E-state index contributed by atoms with van der Waals surface area (Å²) in [5.74, 6) is -8.91. The molecule has 0 aliphatic heterocycles. The Kier molecular flexibility index (Phi) is 6.98. The van der Waals surface area contributed by atoms with Gasteiger partial charge in [-0.25, -0.2) is 4.79 Å². The highest BCUT2D eigenvalue weighted by molar-refractivity contribution is 14.1. The second-order valence-corrected chi connectivity index (χ2v) is 7.63. The number of hydrogen-bond donors (Lipinski definition) is 1. The van der Waals surface area contributed by atoms with Gasteiger partial charge in [-0.2, -0.15) is 8.78 Å². The van der Waals surface area contributed by atoms with Crippen LogP contribution >= 0.6 is 45.2 Å². The van der Waals surface area contributed by atoms with Crippen molar-refractivity contribution in [2.24, 2.45) is 5.92 Å². The van der Waals surface area contributed by atoms with E-state index in [1.807, 2.05) is 22.6 Å². The van der Waals surface area contributed by atoms with Gasteiger partial charge in [0.2, 0.25) is 0 Å². The predicted molar refractivity (Wildman–Crippen MR) is 92.2 cm³/mol. The molecule has 0 aromatic heterocycles. The van der Waals surface area contributed by atoms with Gasteiger partial charge >= 0.3 is 11.9 Å². The van der Waals surface area contributed by atoms with Crippen molar-refractivity contribution in [3.8, 4) is 5.75 Å². The molecule has 1 rings (SSSR count). The first-order chi connectivity index (χ1) is 10.5. The molecule has 0 saturated heterocycles. The fourth-order valence-electron chi connectivity index (χ4n) is 1.74. The fourth-order valence-corrected chi connectivity index (χ4v) is 3.59. The summed E-state index contributed by atoms with van der Waals surface area (Å²) in [4.78, 5) is 22.7. The number of rotatable bonds is 6. The Labute approximate surface area is 158 Å². The standard InChI is InChI=1S/C14H14F2I2O5/c1-6(2)3-10(14(15,16)13(21)22)23-12(20)8-4-7(17)5-9(18)11(8)19/h4-6,10,19H,3H2,1-2H3,(H,21,22)/p-1. The van der Waals surface area contributed by atoms with E-state index >= 15 is 0 Å². The molecule has 0 aliphatic rings. The first-order valence-corrected chi connectivity index (χ1v) is 8.60. The molecule has 0 fully saturated rings. The lowest BCUT2D eigenvalue weighted by Crippen LogP contribution is -2.51. The van der Waals surface area contributed by atoms with Crippen LogP contribution in [0.15, 0.2) is 12.1 Å². The van der Waals surface area contributed by atoms with Crippen LogP contribution in [-0.4, -0.2) is 29.1 Å². The minimum absolute atomic E-state index is 0.302. The Balaban J connectivity index is 3.14. The number of alkyl halides is 2. The number of phenols is 1. The van der Waals surface area contributed by atoms with Crippen LogP contribution in [0.25, 0.3) is 0 Å². The highest BCUT2D eigenvalue weighted by Crippen LogP contribution is 2.31. The molecule has 0 heterocycles. The Morgan fingerprint density at radius 1 is 1.35 bits per heavy atom. The average molecular weight is 553 g/mol. The Morgan fingerprint density at radius 3 is 2.39 bits per heavy atom.